The molecule has 3 N–H and O–H groups in total. The first-order valence-electron chi connectivity index (χ1n) is 6.37. The molecule has 0 fully saturated rings. The van der Waals surface area contributed by atoms with Crippen molar-refractivity contribution in [2.24, 2.45) is 0 Å². The number of carbonyl (C=O) groups is 1. The highest BCUT2D eigenvalue weighted by atomic mass is 16.5. The molecule has 0 saturated carbocycles. The lowest BCUT2D eigenvalue weighted by Crippen LogP contribution is -2.31. The summed E-state index contributed by atoms with van der Waals surface area (Å²) in [6, 6.07) is 5.58. The Hall–Kier alpha value is -1.59. The van der Waals surface area contributed by atoms with Crippen molar-refractivity contribution in [3.63, 3.8) is 0 Å². The molecule has 1 aromatic carbocycles. The van der Waals surface area contributed by atoms with Crippen molar-refractivity contribution in [3.05, 3.63) is 23.8 Å². The number of hydrogen-bond donors (Lipinski definition) is 2. The Morgan fingerprint density at radius 3 is 2.84 bits per heavy atom. The molecule has 0 aromatic heterocycles. The Kier molecular flexibility index (Phi) is 6.32. The number of para-hydroxylation sites is 1. The number of carbonyl (C=O) groups excluding carboxylic acids is 1. The number of benzene rings is 1. The van der Waals surface area contributed by atoms with Crippen molar-refractivity contribution in [2.75, 3.05) is 44.9 Å². The molecule has 0 aliphatic heterocycles. The molecule has 0 heterocycles. The topological polar surface area (TPSA) is 67.6 Å². The molecule has 0 unspecified atom stereocenters. The van der Waals surface area contributed by atoms with Gasteiger partial charge in [-0.15, -0.1) is 0 Å². The molecule has 0 radical (unpaired) electrons. The van der Waals surface area contributed by atoms with Crippen LogP contribution in [-0.2, 0) is 9.53 Å². The molecule has 1 amide bonds. The second-order valence-electron chi connectivity index (χ2n) is 4.67. The largest absolute Gasteiger partial charge is 0.397 e. The van der Waals surface area contributed by atoms with E-state index in [9.17, 15) is 4.79 Å². The molecule has 19 heavy (non-hydrogen) atoms. The maximum atomic E-state index is 11.9. The van der Waals surface area contributed by atoms with E-state index in [1.807, 2.05) is 31.0 Å². The third-order valence-electron chi connectivity index (χ3n) is 2.87. The van der Waals surface area contributed by atoms with Gasteiger partial charge in [-0.05, 0) is 32.0 Å². The van der Waals surface area contributed by atoms with E-state index in [1.165, 1.54) is 0 Å². The molecule has 0 aliphatic carbocycles. The summed E-state index contributed by atoms with van der Waals surface area (Å²) in [5, 5.41) is 2.86. The third-order valence-corrected chi connectivity index (χ3v) is 2.87. The van der Waals surface area contributed by atoms with Gasteiger partial charge in [0.05, 0.1) is 17.9 Å². The minimum atomic E-state index is -0.0547. The zero-order chi connectivity index (χ0) is 14.3. The first-order chi connectivity index (χ1) is 9.04. The summed E-state index contributed by atoms with van der Waals surface area (Å²) in [6.07, 6.45) is 0.910. The molecule has 5 heteroatoms. The number of rotatable bonds is 7. The summed E-state index contributed by atoms with van der Waals surface area (Å²) >= 11 is 0. The lowest BCUT2D eigenvalue weighted by Gasteiger charge is -2.17. The predicted molar refractivity (Wildman–Crippen MR) is 78.2 cm³/mol. The number of amides is 1. The van der Waals surface area contributed by atoms with Crippen molar-refractivity contribution in [2.45, 2.75) is 13.3 Å². The molecule has 5 nitrogen and oxygen atoms in total. The molecule has 0 atom stereocenters. The summed E-state index contributed by atoms with van der Waals surface area (Å²) < 4.78 is 4.98. The van der Waals surface area contributed by atoms with E-state index in [1.54, 1.807) is 13.2 Å². The van der Waals surface area contributed by atoms with Crippen molar-refractivity contribution < 1.29 is 9.53 Å². The standard InChI is InChI=1S/C14H23N3O2/c1-11-6-4-7-12(15)14(11)16-13(18)10-17(2)8-5-9-19-3/h4,6-7H,5,8-10,15H2,1-3H3,(H,16,18). The van der Waals surface area contributed by atoms with Crippen LogP contribution in [0.15, 0.2) is 18.2 Å². The summed E-state index contributed by atoms with van der Waals surface area (Å²) in [4.78, 5) is 13.9. The van der Waals surface area contributed by atoms with Crippen LogP contribution in [-0.4, -0.2) is 44.7 Å². The van der Waals surface area contributed by atoms with E-state index in [0.717, 1.165) is 18.5 Å². The van der Waals surface area contributed by atoms with Crippen molar-refractivity contribution >= 4 is 17.3 Å². The van der Waals surface area contributed by atoms with E-state index < -0.39 is 0 Å². The minimum Gasteiger partial charge on any atom is -0.397 e. The van der Waals surface area contributed by atoms with Crippen molar-refractivity contribution in [3.8, 4) is 0 Å². The van der Waals surface area contributed by atoms with Crippen LogP contribution in [0.1, 0.15) is 12.0 Å². The summed E-state index contributed by atoms with van der Waals surface area (Å²) in [5.74, 6) is -0.0547. The first kappa shape index (κ1) is 15.5. The predicted octanol–water partition coefficient (Wildman–Crippen LogP) is 1.48. The number of nitrogens with two attached hydrogens (primary N) is 1. The zero-order valence-corrected chi connectivity index (χ0v) is 11.9. The summed E-state index contributed by atoms with van der Waals surface area (Å²) in [5.41, 5.74) is 8.12. The Morgan fingerprint density at radius 2 is 2.21 bits per heavy atom. The van der Waals surface area contributed by atoms with E-state index in [-0.39, 0.29) is 5.91 Å². The number of anilines is 2. The number of methoxy groups -OCH3 is 1. The number of likely N-dealkylation sites (N-methyl/N-ethyl adjacent to an activating group) is 1. The van der Waals surface area contributed by atoms with Gasteiger partial charge in [0.25, 0.3) is 0 Å². The fourth-order valence-electron chi connectivity index (χ4n) is 1.84. The summed E-state index contributed by atoms with van der Waals surface area (Å²) in [6.45, 7) is 3.80. The van der Waals surface area contributed by atoms with E-state index in [0.29, 0.717) is 24.5 Å². The molecular formula is C14H23N3O2. The van der Waals surface area contributed by atoms with Gasteiger partial charge in [0.1, 0.15) is 0 Å². The molecule has 1 aromatic rings. The van der Waals surface area contributed by atoms with Gasteiger partial charge in [-0.25, -0.2) is 0 Å². The monoisotopic (exact) mass is 265 g/mol. The van der Waals surface area contributed by atoms with Gasteiger partial charge < -0.3 is 15.8 Å². The lowest BCUT2D eigenvalue weighted by atomic mass is 10.1. The first-order valence-corrected chi connectivity index (χ1v) is 6.37. The molecule has 0 aliphatic rings. The van der Waals surface area contributed by atoms with E-state index in [4.69, 9.17) is 10.5 Å². The fraction of sp³-hybridized carbons (Fsp3) is 0.500. The van der Waals surface area contributed by atoms with Crippen LogP contribution in [0.4, 0.5) is 11.4 Å². The Morgan fingerprint density at radius 1 is 1.47 bits per heavy atom. The van der Waals surface area contributed by atoms with Gasteiger partial charge in [-0.2, -0.15) is 0 Å². The highest BCUT2D eigenvalue weighted by Gasteiger charge is 2.10. The molecular weight excluding hydrogens is 242 g/mol. The van der Waals surface area contributed by atoms with E-state index in [2.05, 4.69) is 5.32 Å². The van der Waals surface area contributed by atoms with Gasteiger partial charge in [0, 0.05) is 20.3 Å². The molecule has 106 valence electrons. The van der Waals surface area contributed by atoms with Crippen molar-refractivity contribution in [1.29, 1.82) is 0 Å². The summed E-state index contributed by atoms with van der Waals surface area (Å²) in [7, 11) is 3.59. The SMILES string of the molecule is COCCCN(C)CC(=O)Nc1c(C)cccc1N. The molecule has 1 rings (SSSR count). The number of nitrogen functional groups attached to an aromatic ring is 1. The highest BCUT2D eigenvalue weighted by molar-refractivity contribution is 5.96. The molecule has 0 bridgehead atoms. The van der Waals surface area contributed by atoms with E-state index >= 15 is 0 Å². The lowest BCUT2D eigenvalue weighted by molar-refractivity contribution is -0.117. The number of aryl methyl sites for hydroxylation is 1. The smallest absolute Gasteiger partial charge is 0.238 e. The average molecular weight is 265 g/mol. The average Bonchev–Trinajstić information content (AvgIpc) is 2.34. The van der Waals surface area contributed by atoms with Crippen LogP contribution >= 0.6 is 0 Å². The zero-order valence-electron chi connectivity index (χ0n) is 11.9. The van der Waals surface area contributed by atoms with Crippen LogP contribution in [0, 0.1) is 6.92 Å². The Labute approximate surface area is 114 Å². The highest BCUT2D eigenvalue weighted by Crippen LogP contribution is 2.22. The molecule has 0 spiro atoms. The van der Waals surface area contributed by atoms with Crippen molar-refractivity contribution in [1.82, 2.24) is 4.90 Å². The Balaban J connectivity index is 2.47. The van der Waals surface area contributed by atoms with Crippen LogP contribution in [0.3, 0.4) is 0 Å². The second-order valence-corrected chi connectivity index (χ2v) is 4.67. The number of nitrogens with one attached hydrogen (secondary N) is 1. The van der Waals surface area contributed by atoms with Gasteiger partial charge in [0.15, 0.2) is 0 Å². The van der Waals surface area contributed by atoms with Crippen LogP contribution in [0.25, 0.3) is 0 Å². The third kappa shape index (κ3) is 5.28. The number of ether oxygens (including phenoxy) is 1. The quantitative estimate of drug-likeness (QED) is 0.579. The normalized spacial score (nSPS) is 10.7. The maximum Gasteiger partial charge on any atom is 0.238 e. The van der Waals surface area contributed by atoms with Crippen LogP contribution in [0.2, 0.25) is 0 Å². The van der Waals surface area contributed by atoms with Gasteiger partial charge >= 0.3 is 0 Å². The fourth-order valence-corrected chi connectivity index (χ4v) is 1.84. The van der Waals surface area contributed by atoms with Gasteiger partial charge in [-0.3, -0.25) is 9.69 Å². The Bertz CT molecular complexity index is 401. The second kappa shape index (κ2) is 7.76. The molecule has 0 saturated heterocycles. The maximum absolute atomic E-state index is 11.9. The van der Waals surface area contributed by atoms with Gasteiger partial charge in [-0.1, -0.05) is 12.1 Å². The minimum absolute atomic E-state index is 0.0547. The van der Waals surface area contributed by atoms with Gasteiger partial charge in [0.2, 0.25) is 5.91 Å². The van der Waals surface area contributed by atoms with Crippen LogP contribution in [0.5, 0.6) is 0 Å². The number of nitrogens with zero attached hydrogens (tertiary/aromatic N) is 1. The van der Waals surface area contributed by atoms with Crippen LogP contribution < -0.4 is 11.1 Å². The number of hydrogen-bond acceptors (Lipinski definition) is 4.